The summed E-state index contributed by atoms with van der Waals surface area (Å²) < 4.78 is 13.1. The van der Waals surface area contributed by atoms with Gasteiger partial charge in [0.25, 0.3) is 0 Å². The zero-order chi connectivity index (χ0) is 12.4. The van der Waals surface area contributed by atoms with Crippen LogP contribution < -0.4 is 5.73 Å². The first kappa shape index (κ1) is 12.8. The van der Waals surface area contributed by atoms with Gasteiger partial charge in [-0.2, -0.15) is 0 Å². The smallest absolute Gasteiger partial charge is 0.141 e. The van der Waals surface area contributed by atoms with Gasteiger partial charge in [-0.1, -0.05) is 24.1 Å². The van der Waals surface area contributed by atoms with Crippen molar-refractivity contribution in [3.63, 3.8) is 0 Å². The zero-order valence-electron chi connectivity index (χ0n) is 10.00. The molecule has 1 fully saturated rings. The Labute approximate surface area is 107 Å². The number of nitrogens with zero attached hydrogens (tertiary/aromatic N) is 1. The van der Waals surface area contributed by atoms with E-state index in [4.69, 9.17) is 17.3 Å². The molecule has 0 aliphatic heterocycles. The third-order valence-electron chi connectivity index (χ3n) is 3.69. The van der Waals surface area contributed by atoms with Gasteiger partial charge in [0, 0.05) is 18.6 Å². The highest BCUT2D eigenvalue weighted by molar-refractivity contribution is 6.30. The number of halogens is 2. The quantitative estimate of drug-likeness (QED) is 0.898. The maximum Gasteiger partial charge on any atom is 0.141 e. The SMILES string of the molecule is CN(C1CCC1)C(CN)c1ccc(F)c(Cl)c1. The molecule has 1 aliphatic rings. The normalized spacial score (nSPS) is 18.2. The first-order valence-electron chi connectivity index (χ1n) is 6.00. The number of hydrogen-bond donors (Lipinski definition) is 1. The molecule has 0 amide bonds. The molecule has 1 saturated carbocycles. The number of rotatable bonds is 4. The van der Waals surface area contributed by atoms with E-state index in [-0.39, 0.29) is 16.9 Å². The molecule has 0 bridgehead atoms. The summed E-state index contributed by atoms with van der Waals surface area (Å²) in [7, 11) is 2.08. The van der Waals surface area contributed by atoms with Crippen molar-refractivity contribution in [2.24, 2.45) is 5.73 Å². The second kappa shape index (κ2) is 5.34. The van der Waals surface area contributed by atoms with Crippen LogP contribution in [0.4, 0.5) is 4.39 Å². The van der Waals surface area contributed by atoms with Crippen LogP contribution in [0.5, 0.6) is 0 Å². The fourth-order valence-corrected chi connectivity index (χ4v) is 2.49. The zero-order valence-corrected chi connectivity index (χ0v) is 10.8. The number of hydrogen-bond acceptors (Lipinski definition) is 2. The number of benzene rings is 1. The minimum atomic E-state index is -0.377. The minimum Gasteiger partial charge on any atom is -0.329 e. The van der Waals surface area contributed by atoms with Gasteiger partial charge in [0.05, 0.1) is 5.02 Å². The highest BCUT2D eigenvalue weighted by Crippen LogP contribution is 2.31. The van der Waals surface area contributed by atoms with E-state index in [1.165, 1.54) is 25.3 Å². The van der Waals surface area contributed by atoms with Gasteiger partial charge in [-0.15, -0.1) is 0 Å². The third-order valence-corrected chi connectivity index (χ3v) is 3.98. The number of nitrogens with two attached hydrogens (primary N) is 1. The van der Waals surface area contributed by atoms with E-state index in [0.29, 0.717) is 12.6 Å². The fourth-order valence-electron chi connectivity index (χ4n) is 2.31. The van der Waals surface area contributed by atoms with Crippen LogP contribution in [0, 0.1) is 5.82 Å². The molecule has 0 radical (unpaired) electrons. The van der Waals surface area contributed by atoms with Crippen molar-refractivity contribution < 1.29 is 4.39 Å². The highest BCUT2D eigenvalue weighted by Gasteiger charge is 2.27. The Kier molecular flexibility index (Phi) is 4.02. The van der Waals surface area contributed by atoms with Crippen LogP contribution >= 0.6 is 11.6 Å². The van der Waals surface area contributed by atoms with E-state index in [1.807, 2.05) is 0 Å². The van der Waals surface area contributed by atoms with E-state index in [9.17, 15) is 4.39 Å². The molecule has 1 atom stereocenters. The van der Waals surface area contributed by atoms with Gasteiger partial charge in [0.15, 0.2) is 0 Å². The predicted octanol–water partition coefficient (Wildman–Crippen LogP) is 2.96. The number of likely N-dealkylation sites (N-methyl/N-ethyl adjacent to an activating group) is 1. The van der Waals surface area contributed by atoms with Crippen LogP contribution in [0.15, 0.2) is 18.2 Å². The summed E-state index contributed by atoms with van der Waals surface area (Å²) in [5, 5.41) is 0.169. The van der Waals surface area contributed by atoms with Gasteiger partial charge in [0.1, 0.15) is 5.82 Å². The van der Waals surface area contributed by atoms with Crippen LogP contribution in [0.3, 0.4) is 0 Å². The van der Waals surface area contributed by atoms with Crippen molar-refractivity contribution in [1.82, 2.24) is 4.90 Å². The van der Waals surface area contributed by atoms with Gasteiger partial charge in [-0.3, -0.25) is 4.90 Å². The lowest BCUT2D eigenvalue weighted by molar-refractivity contribution is 0.113. The molecule has 4 heteroatoms. The second-order valence-electron chi connectivity index (χ2n) is 4.68. The van der Waals surface area contributed by atoms with Crippen molar-refractivity contribution >= 4 is 11.6 Å². The molecule has 0 spiro atoms. The van der Waals surface area contributed by atoms with Crippen molar-refractivity contribution in [3.05, 3.63) is 34.6 Å². The highest BCUT2D eigenvalue weighted by atomic mass is 35.5. The molecule has 2 rings (SSSR count). The van der Waals surface area contributed by atoms with E-state index in [1.54, 1.807) is 12.1 Å². The Morgan fingerprint density at radius 2 is 2.24 bits per heavy atom. The monoisotopic (exact) mass is 256 g/mol. The van der Waals surface area contributed by atoms with E-state index in [0.717, 1.165) is 5.56 Å². The van der Waals surface area contributed by atoms with Crippen LogP contribution in [-0.4, -0.2) is 24.5 Å². The summed E-state index contributed by atoms with van der Waals surface area (Å²) in [6.45, 7) is 0.523. The molecule has 1 aliphatic carbocycles. The lowest BCUT2D eigenvalue weighted by Crippen LogP contribution is -2.42. The Hall–Kier alpha value is -0.640. The standard InChI is InChI=1S/C13H18ClFN2/c1-17(10-3-2-4-10)13(8-16)9-5-6-12(15)11(14)7-9/h5-7,10,13H,2-4,8,16H2,1H3. The van der Waals surface area contributed by atoms with Crippen molar-refractivity contribution in [2.45, 2.75) is 31.3 Å². The fraction of sp³-hybridized carbons (Fsp3) is 0.538. The van der Waals surface area contributed by atoms with E-state index in [2.05, 4.69) is 11.9 Å². The molecule has 0 saturated heterocycles. The van der Waals surface area contributed by atoms with Crippen molar-refractivity contribution in [2.75, 3.05) is 13.6 Å². The van der Waals surface area contributed by atoms with E-state index < -0.39 is 0 Å². The summed E-state index contributed by atoms with van der Waals surface area (Å²) in [6, 6.07) is 5.60. The van der Waals surface area contributed by atoms with Gasteiger partial charge in [-0.25, -0.2) is 4.39 Å². The van der Waals surface area contributed by atoms with Gasteiger partial charge in [0.2, 0.25) is 0 Å². The summed E-state index contributed by atoms with van der Waals surface area (Å²) in [4.78, 5) is 2.28. The molecule has 1 aromatic rings. The second-order valence-corrected chi connectivity index (χ2v) is 5.08. The van der Waals surface area contributed by atoms with Crippen LogP contribution in [0.2, 0.25) is 5.02 Å². The predicted molar refractivity (Wildman–Crippen MR) is 68.6 cm³/mol. The first-order chi connectivity index (χ1) is 8.13. The molecule has 0 aromatic heterocycles. The van der Waals surface area contributed by atoms with Gasteiger partial charge < -0.3 is 5.73 Å². The van der Waals surface area contributed by atoms with Crippen molar-refractivity contribution in [3.8, 4) is 0 Å². The molecule has 1 unspecified atom stereocenters. The summed E-state index contributed by atoms with van der Waals surface area (Å²) >= 11 is 5.81. The van der Waals surface area contributed by atoms with Crippen LogP contribution in [0.25, 0.3) is 0 Å². The molecular formula is C13H18ClFN2. The summed E-state index contributed by atoms with van der Waals surface area (Å²) in [5.74, 6) is -0.377. The van der Waals surface area contributed by atoms with Gasteiger partial charge in [-0.05, 0) is 37.6 Å². The molecular weight excluding hydrogens is 239 g/mol. The largest absolute Gasteiger partial charge is 0.329 e. The summed E-state index contributed by atoms with van der Waals surface area (Å²) in [6.07, 6.45) is 3.74. The maximum absolute atomic E-state index is 13.1. The Balaban J connectivity index is 2.18. The summed E-state index contributed by atoms with van der Waals surface area (Å²) in [5.41, 5.74) is 6.83. The molecule has 2 nitrogen and oxygen atoms in total. The Morgan fingerprint density at radius 3 is 2.71 bits per heavy atom. The Morgan fingerprint density at radius 1 is 1.53 bits per heavy atom. The minimum absolute atomic E-state index is 0.124. The molecule has 0 heterocycles. The average molecular weight is 257 g/mol. The van der Waals surface area contributed by atoms with Gasteiger partial charge >= 0.3 is 0 Å². The van der Waals surface area contributed by atoms with Crippen LogP contribution in [-0.2, 0) is 0 Å². The van der Waals surface area contributed by atoms with Crippen molar-refractivity contribution in [1.29, 1.82) is 0 Å². The molecule has 94 valence electrons. The molecule has 1 aromatic carbocycles. The lowest BCUT2D eigenvalue weighted by Gasteiger charge is -2.39. The van der Waals surface area contributed by atoms with Crippen LogP contribution in [0.1, 0.15) is 30.9 Å². The topological polar surface area (TPSA) is 29.3 Å². The average Bonchev–Trinajstić information content (AvgIpc) is 2.22. The molecule has 2 N–H and O–H groups in total. The van der Waals surface area contributed by atoms with E-state index >= 15 is 0 Å². The third kappa shape index (κ3) is 2.62. The Bertz CT molecular complexity index is 393. The molecule has 17 heavy (non-hydrogen) atoms. The maximum atomic E-state index is 13.1. The first-order valence-corrected chi connectivity index (χ1v) is 6.38. The lowest BCUT2D eigenvalue weighted by atomic mass is 9.89.